The van der Waals surface area contributed by atoms with Gasteiger partial charge in [-0.2, -0.15) is 11.8 Å². The van der Waals surface area contributed by atoms with E-state index in [2.05, 4.69) is 0 Å². The molecule has 2 aliphatic heterocycles. The highest BCUT2D eigenvalue weighted by Crippen LogP contribution is 2.43. The first kappa shape index (κ1) is 14.6. The van der Waals surface area contributed by atoms with Crippen molar-refractivity contribution in [1.29, 1.82) is 0 Å². The van der Waals surface area contributed by atoms with E-state index in [4.69, 9.17) is 22.1 Å². The maximum Gasteiger partial charge on any atom is 0.128 e. The third-order valence-electron chi connectivity index (χ3n) is 4.42. The molecule has 0 saturated carbocycles. The molecule has 20 heavy (non-hydrogen) atoms. The number of thioether (sulfide) groups is 1. The number of rotatable bonds is 2. The van der Waals surface area contributed by atoms with Crippen LogP contribution in [-0.2, 0) is 4.74 Å². The SMILES string of the molecule is NC(c1cc(Cl)ccc1F)C1CCOC2(CCSC2)C1. The predicted molar refractivity (Wildman–Crippen MR) is 81.7 cm³/mol. The lowest BCUT2D eigenvalue weighted by Gasteiger charge is -2.40. The van der Waals surface area contributed by atoms with Crippen LogP contribution in [0.25, 0.3) is 0 Å². The van der Waals surface area contributed by atoms with E-state index in [1.807, 2.05) is 11.8 Å². The van der Waals surface area contributed by atoms with E-state index < -0.39 is 0 Å². The van der Waals surface area contributed by atoms with Crippen molar-refractivity contribution in [3.63, 3.8) is 0 Å². The summed E-state index contributed by atoms with van der Waals surface area (Å²) in [5.41, 5.74) is 6.83. The average molecular weight is 316 g/mol. The van der Waals surface area contributed by atoms with Gasteiger partial charge >= 0.3 is 0 Å². The van der Waals surface area contributed by atoms with Gasteiger partial charge in [-0.15, -0.1) is 0 Å². The zero-order valence-electron chi connectivity index (χ0n) is 11.3. The van der Waals surface area contributed by atoms with Gasteiger partial charge in [0.25, 0.3) is 0 Å². The van der Waals surface area contributed by atoms with E-state index in [1.165, 1.54) is 6.07 Å². The second-order valence-electron chi connectivity index (χ2n) is 5.78. The molecule has 3 rings (SSSR count). The number of hydrogen-bond acceptors (Lipinski definition) is 3. The van der Waals surface area contributed by atoms with Gasteiger partial charge in [-0.3, -0.25) is 0 Å². The Kier molecular flexibility index (Phi) is 4.27. The molecule has 0 aliphatic carbocycles. The third-order valence-corrected chi connectivity index (χ3v) is 5.88. The highest BCUT2D eigenvalue weighted by Gasteiger charge is 2.42. The average Bonchev–Trinajstić information content (AvgIpc) is 2.88. The molecule has 1 aromatic carbocycles. The minimum absolute atomic E-state index is 0.0275. The minimum atomic E-state index is -0.305. The Morgan fingerprint density at radius 3 is 3.10 bits per heavy atom. The zero-order valence-corrected chi connectivity index (χ0v) is 12.9. The van der Waals surface area contributed by atoms with Crippen LogP contribution in [0, 0.1) is 11.7 Å². The van der Waals surface area contributed by atoms with Crippen LogP contribution < -0.4 is 5.73 Å². The van der Waals surface area contributed by atoms with Crippen LogP contribution in [-0.4, -0.2) is 23.7 Å². The number of benzene rings is 1. The number of hydrogen-bond donors (Lipinski definition) is 1. The third kappa shape index (κ3) is 2.84. The maximum atomic E-state index is 14.0. The first-order chi connectivity index (χ1) is 9.60. The quantitative estimate of drug-likeness (QED) is 0.902. The van der Waals surface area contributed by atoms with Gasteiger partial charge in [-0.05, 0) is 49.1 Å². The van der Waals surface area contributed by atoms with Gasteiger partial charge < -0.3 is 10.5 Å². The summed E-state index contributed by atoms with van der Waals surface area (Å²) in [5, 5.41) is 0.537. The van der Waals surface area contributed by atoms with Crippen molar-refractivity contribution in [2.75, 3.05) is 18.1 Å². The standard InChI is InChI=1S/C15H19ClFNOS/c16-11-1-2-13(17)12(7-11)14(18)10-3-5-19-15(8-10)4-6-20-9-15/h1-2,7,10,14H,3-6,8-9,18H2. The molecule has 110 valence electrons. The fourth-order valence-electron chi connectivity index (χ4n) is 3.26. The highest BCUT2D eigenvalue weighted by molar-refractivity contribution is 7.99. The molecule has 3 unspecified atom stereocenters. The summed E-state index contributed by atoms with van der Waals surface area (Å²) in [6.07, 6.45) is 2.89. The fourth-order valence-corrected chi connectivity index (χ4v) is 4.82. The van der Waals surface area contributed by atoms with Crippen molar-refractivity contribution >= 4 is 23.4 Å². The van der Waals surface area contributed by atoms with E-state index in [0.29, 0.717) is 10.6 Å². The van der Waals surface area contributed by atoms with Crippen LogP contribution in [0.3, 0.4) is 0 Å². The molecule has 2 saturated heterocycles. The van der Waals surface area contributed by atoms with E-state index in [9.17, 15) is 4.39 Å². The smallest absolute Gasteiger partial charge is 0.128 e. The summed E-state index contributed by atoms with van der Waals surface area (Å²) in [4.78, 5) is 0. The van der Waals surface area contributed by atoms with Gasteiger partial charge in [0.1, 0.15) is 5.82 Å². The molecule has 2 N–H and O–H groups in total. The zero-order chi connectivity index (χ0) is 14.2. The molecule has 3 atom stereocenters. The van der Waals surface area contributed by atoms with Crippen molar-refractivity contribution in [3.8, 4) is 0 Å². The van der Waals surface area contributed by atoms with Crippen LogP contribution in [0.1, 0.15) is 30.9 Å². The molecule has 2 nitrogen and oxygen atoms in total. The Balaban J connectivity index is 1.79. The number of ether oxygens (including phenoxy) is 1. The van der Waals surface area contributed by atoms with E-state index in [-0.39, 0.29) is 23.4 Å². The lowest BCUT2D eigenvalue weighted by molar-refractivity contribution is -0.0835. The van der Waals surface area contributed by atoms with E-state index in [1.54, 1.807) is 12.1 Å². The molecular weight excluding hydrogens is 297 g/mol. The molecule has 1 spiro atoms. The monoisotopic (exact) mass is 315 g/mol. The molecule has 1 aromatic rings. The number of halogens is 2. The minimum Gasteiger partial charge on any atom is -0.374 e. The Labute approximate surface area is 128 Å². The molecule has 5 heteroatoms. The molecule has 0 bridgehead atoms. The summed E-state index contributed by atoms with van der Waals surface area (Å²) < 4.78 is 20.0. The first-order valence-electron chi connectivity index (χ1n) is 7.02. The van der Waals surface area contributed by atoms with Crippen molar-refractivity contribution in [2.24, 2.45) is 11.7 Å². The number of nitrogens with two attached hydrogens (primary N) is 1. The van der Waals surface area contributed by atoms with E-state index >= 15 is 0 Å². The largest absolute Gasteiger partial charge is 0.374 e. The second kappa shape index (κ2) is 5.84. The lowest BCUT2D eigenvalue weighted by atomic mass is 9.79. The van der Waals surface area contributed by atoms with Crippen molar-refractivity contribution < 1.29 is 9.13 Å². The van der Waals surface area contributed by atoms with E-state index in [0.717, 1.165) is 37.4 Å². The van der Waals surface area contributed by atoms with Crippen LogP contribution in [0.2, 0.25) is 5.02 Å². The Bertz CT molecular complexity index is 493. The summed E-state index contributed by atoms with van der Waals surface area (Å²) in [5.74, 6) is 2.18. The van der Waals surface area contributed by atoms with Gasteiger partial charge in [0.05, 0.1) is 5.60 Å². The first-order valence-corrected chi connectivity index (χ1v) is 8.55. The normalized spacial score (nSPS) is 31.6. The van der Waals surface area contributed by atoms with Gasteiger partial charge in [0.15, 0.2) is 0 Å². The lowest BCUT2D eigenvalue weighted by Crippen LogP contribution is -2.42. The predicted octanol–water partition coefficient (Wildman–Crippen LogP) is 3.78. The molecule has 0 aromatic heterocycles. The molecule has 2 fully saturated rings. The summed E-state index contributed by atoms with van der Waals surface area (Å²) in [7, 11) is 0. The fraction of sp³-hybridized carbons (Fsp3) is 0.600. The van der Waals surface area contributed by atoms with Gasteiger partial charge in [-0.1, -0.05) is 11.6 Å². The molecule has 0 radical (unpaired) electrons. The van der Waals surface area contributed by atoms with Crippen molar-refractivity contribution in [2.45, 2.75) is 30.9 Å². The molecule has 2 heterocycles. The van der Waals surface area contributed by atoms with Crippen LogP contribution in [0.15, 0.2) is 18.2 Å². The van der Waals surface area contributed by atoms with Crippen LogP contribution in [0.5, 0.6) is 0 Å². The van der Waals surface area contributed by atoms with Crippen LogP contribution >= 0.6 is 23.4 Å². The second-order valence-corrected chi connectivity index (χ2v) is 7.32. The van der Waals surface area contributed by atoms with Crippen molar-refractivity contribution in [1.82, 2.24) is 0 Å². The summed E-state index contributed by atoms with van der Waals surface area (Å²) in [6.45, 7) is 0.723. The molecular formula is C15H19ClFNOS. The summed E-state index contributed by atoms with van der Waals surface area (Å²) >= 11 is 7.90. The highest BCUT2D eigenvalue weighted by atomic mass is 35.5. The molecule has 0 amide bonds. The molecule has 2 aliphatic rings. The Morgan fingerprint density at radius 2 is 2.35 bits per heavy atom. The van der Waals surface area contributed by atoms with Crippen LogP contribution in [0.4, 0.5) is 4.39 Å². The Morgan fingerprint density at radius 1 is 1.50 bits per heavy atom. The van der Waals surface area contributed by atoms with Crippen molar-refractivity contribution in [3.05, 3.63) is 34.6 Å². The van der Waals surface area contributed by atoms with Gasteiger partial charge in [-0.25, -0.2) is 4.39 Å². The Hall–Kier alpha value is -0.290. The van der Waals surface area contributed by atoms with Gasteiger partial charge in [0, 0.05) is 29.0 Å². The van der Waals surface area contributed by atoms with Gasteiger partial charge in [0.2, 0.25) is 0 Å². The maximum absolute atomic E-state index is 14.0. The summed E-state index contributed by atoms with van der Waals surface area (Å²) in [6, 6.07) is 4.32. The topological polar surface area (TPSA) is 35.2 Å².